The topological polar surface area (TPSA) is 70.2 Å². The van der Waals surface area contributed by atoms with Crippen LogP contribution in [0.2, 0.25) is 0 Å². The summed E-state index contributed by atoms with van der Waals surface area (Å²) >= 11 is 0. The molecule has 2 aromatic carbocycles. The van der Waals surface area contributed by atoms with Crippen molar-refractivity contribution in [2.45, 2.75) is 51.0 Å². The van der Waals surface area contributed by atoms with Crippen molar-refractivity contribution in [2.75, 3.05) is 46.9 Å². The van der Waals surface area contributed by atoms with E-state index < -0.39 is 53.6 Å². The minimum Gasteiger partial charge on any atom is -0.375 e. The highest BCUT2D eigenvalue weighted by Crippen LogP contribution is 2.39. The highest BCUT2D eigenvalue weighted by Gasteiger charge is 2.41. The standard InChI is InChI=1S/C32H36F7N3O4/c1-19-12-24(33)4-5-25(19)27-17-42(29(44)21-6-9-41(10-7-21)28(43)18-46-3)11-8-26(27)30(45)40(2)16-20-13-22(31(34,35)36)15-23(14-20)32(37,38)39/h4-5,12-15,21,26-27H,6-11,16-18H2,1-3H3/t26-,27+/m1/s1. The number of likely N-dealkylation sites (tertiary alicyclic amines) is 2. The lowest BCUT2D eigenvalue weighted by Gasteiger charge is -2.42. The smallest absolute Gasteiger partial charge is 0.375 e. The van der Waals surface area contributed by atoms with Gasteiger partial charge in [-0.15, -0.1) is 0 Å². The Bertz CT molecular complexity index is 1410. The number of alkyl halides is 6. The van der Waals surface area contributed by atoms with Gasteiger partial charge in [-0.2, -0.15) is 26.3 Å². The fourth-order valence-corrected chi connectivity index (χ4v) is 6.41. The van der Waals surface area contributed by atoms with Crippen LogP contribution in [-0.2, 0) is 38.0 Å². The number of ether oxygens (including phenoxy) is 1. The van der Waals surface area contributed by atoms with Crippen LogP contribution in [0.4, 0.5) is 30.7 Å². The van der Waals surface area contributed by atoms with Crippen LogP contribution in [0.5, 0.6) is 0 Å². The Morgan fingerprint density at radius 2 is 1.48 bits per heavy atom. The molecule has 0 aromatic heterocycles. The molecule has 46 heavy (non-hydrogen) atoms. The van der Waals surface area contributed by atoms with Crippen molar-refractivity contribution in [1.82, 2.24) is 14.7 Å². The predicted octanol–water partition coefficient (Wildman–Crippen LogP) is 5.65. The van der Waals surface area contributed by atoms with Crippen molar-refractivity contribution in [3.8, 4) is 0 Å². The van der Waals surface area contributed by atoms with Crippen LogP contribution in [0.15, 0.2) is 36.4 Å². The second-order valence-electron chi connectivity index (χ2n) is 12.0. The van der Waals surface area contributed by atoms with E-state index in [0.717, 1.165) is 4.90 Å². The summed E-state index contributed by atoms with van der Waals surface area (Å²) in [4.78, 5) is 44.0. The average molecular weight is 660 g/mol. The lowest BCUT2D eigenvalue weighted by atomic mass is 9.77. The number of amides is 3. The summed E-state index contributed by atoms with van der Waals surface area (Å²) in [6.45, 7) is 2.20. The lowest BCUT2D eigenvalue weighted by Crippen LogP contribution is -2.51. The molecule has 0 bridgehead atoms. The highest BCUT2D eigenvalue weighted by atomic mass is 19.4. The summed E-state index contributed by atoms with van der Waals surface area (Å²) in [7, 11) is 2.73. The average Bonchev–Trinajstić information content (AvgIpc) is 2.99. The number of rotatable bonds is 7. The van der Waals surface area contributed by atoms with Gasteiger partial charge >= 0.3 is 12.4 Å². The first-order chi connectivity index (χ1) is 21.5. The fraction of sp³-hybridized carbons (Fsp3) is 0.531. The lowest BCUT2D eigenvalue weighted by molar-refractivity contribution is -0.146. The monoisotopic (exact) mass is 659 g/mol. The van der Waals surface area contributed by atoms with Gasteiger partial charge in [0.2, 0.25) is 17.7 Å². The maximum Gasteiger partial charge on any atom is 0.416 e. The number of nitrogens with zero attached hydrogens (tertiary/aromatic N) is 3. The number of carbonyl (C=O) groups excluding carboxylic acids is 3. The van der Waals surface area contributed by atoms with E-state index in [1.54, 1.807) is 16.7 Å². The Morgan fingerprint density at radius 3 is 2.02 bits per heavy atom. The maximum absolute atomic E-state index is 14.0. The molecule has 14 heteroatoms. The van der Waals surface area contributed by atoms with Gasteiger partial charge in [0.25, 0.3) is 0 Å². The molecule has 2 aromatic rings. The summed E-state index contributed by atoms with van der Waals surface area (Å²) in [6, 6.07) is 5.29. The van der Waals surface area contributed by atoms with Gasteiger partial charge in [0.15, 0.2) is 0 Å². The van der Waals surface area contributed by atoms with E-state index in [-0.39, 0.29) is 55.5 Å². The van der Waals surface area contributed by atoms with E-state index in [9.17, 15) is 45.1 Å². The normalized spacial score (nSPS) is 19.7. The molecule has 0 unspecified atom stereocenters. The van der Waals surface area contributed by atoms with E-state index >= 15 is 0 Å². The zero-order valence-electron chi connectivity index (χ0n) is 25.7. The van der Waals surface area contributed by atoms with Crippen LogP contribution in [-0.4, -0.2) is 79.4 Å². The minimum absolute atomic E-state index is 0.0344. The highest BCUT2D eigenvalue weighted by molar-refractivity contribution is 5.83. The number of benzene rings is 2. The van der Waals surface area contributed by atoms with Gasteiger partial charge in [-0.3, -0.25) is 14.4 Å². The Hall–Kier alpha value is -3.68. The van der Waals surface area contributed by atoms with Gasteiger partial charge in [0.05, 0.1) is 11.1 Å². The number of methoxy groups -OCH3 is 1. The van der Waals surface area contributed by atoms with Gasteiger partial charge in [-0.25, -0.2) is 4.39 Å². The SMILES string of the molecule is COCC(=O)N1CCC(C(=O)N2CC[C@@H](C(=O)N(C)Cc3cc(C(F)(F)F)cc(C(F)(F)F)c3)[C@H](c3ccc(F)cc3C)C2)CC1. The molecule has 2 fully saturated rings. The van der Waals surface area contributed by atoms with Gasteiger partial charge in [-0.05, 0) is 73.2 Å². The van der Waals surface area contributed by atoms with E-state index in [2.05, 4.69) is 0 Å². The van der Waals surface area contributed by atoms with Crippen LogP contribution < -0.4 is 0 Å². The predicted molar refractivity (Wildman–Crippen MR) is 153 cm³/mol. The molecule has 2 heterocycles. The number of carbonyl (C=O) groups is 3. The third kappa shape index (κ3) is 8.18. The van der Waals surface area contributed by atoms with Crippen molar-refractivity contribution < 1.29 is 49.9 Å². The molecule has 2 aliphatic rings. The quantitative estimate of drug-likeness (QED) is 0.361. The minimum atomic E-state index is -5.03. The molecule has 7 nitrogen and oxygen atoms in total. The number of hydrogen-bond donors (Lipinski definition) is 0. The largest absolute Gasteiger partial charge is 0.416 e. The number of aryl methyl sites for hydroxylation is 1. The molecule has 0 radical (unpaired) electrons. The maximum atomic E-state index is 14.0. The summed E-state index contributed by atoms with van der Waals surface area (Å²) in [5.74, 6) is -3.04. The zero-order chi connectivity index (χ0) is 34.0. The van der Waals surface area contributed by atoms with Crippen molar-refractivity contribution in [2.24, 2.45) is 11.8 Å². The molecule has 4 rings (SSSR count). The first-order valence-electron chi connectivity index (χ1n) is 14.8. The van der Waals surface area contributed by atoms with Gasteiger partial charge in [0, 0.05) is 64.6 Å². The Labute approximate surface area is 262 Å². The van der Waals surface area contributed by atoms with Crippen LogP contribution in [0.3, 0.4) is 0 Å². The van der Waals surface area contributed by atoms with Crippen molar-refractivity contribution >= 4 is 17.7 Å². The Kier molecular flexibility index (Phi) is 10.7. The van der Waals surface area contributed by atoms with Gasteiger partial charge in [0.1, 0.15) is 12.4 Å². The second-order valence-corrected chi connectivity index (χ2v) is 12.0. The molecule has 252 valence electrons. The molecule has 2 aliphatic heterocycles. The first kappa shape index (κ1) is 35.2. The van der Waals surface area contributed by atoms with Crippen LogP contribution in [0.25, 0.3) is 0 Å². The molecule has 2 saturated heterocycles. The zero-order valence-corrected chi connectivity index (χ0v) is 25.7. The number of piperidine rings is 2. The summed E-state index contributed by atoms with van der Waals surface area (Å²) < 4.78 is 99.5. The third-order valence-corrected chi connectivity index (χ3v) is 8.78. The van der Waals surface area contributed by atoms with Gasteiger partial charge < -0.3 is 19.4 Å². The van der Waals surface area contributed by atoms with E-state index in [1.165, 1.54) is 32.4 Å². The van der Waals surface area contributed by atoms with Crippen LogP contribution in [0.1, 0.15) is 53.0 Å². The molecular formula is C32H36F7N3O4. The first-order valence-corrected chi connectivity index (χ1v) is 14.8. The van der Waals surface area contributed by atoms with Crippen LogP contribution in [0, 0.1) is 24.6 Å². The third-order valence-electron chi connectivity index (χ3n) is 8.78. The summed E-state index contributed by atoms with van der Waals surface area (Å²) in [5, 5.41) is 0. The molecule has 0 aliphatic carbocycles. The fourth-order valence-electron chi connectivity index (χ4n) is 6.41. The van der Waals surface area contributed by atoms with E-state index in [1.807, 2.05) is 0 Å². The van der Waals surface area contributed by atoms with Crippen LogP contribution >= 0.6 is 0 Å². The van der Waals surface area contributed by atoms with E-state index in [4.69, 9.17) is 4.74 Å². The summed E-state index contributed by atoms with van der Waals surface area (Å²) in [6.07, 6.45) is -8.98. The Morgan fingerprint density at radius 1 is 0.891 bits per heavy atom. The molecule has 0 saturated carbocycles. The van der Waals surface area contributed by atoms with Crippen molar-refractivity contribution in [3.05, 3.63) is 70.0 Å². The van der Waals surface area contributed by atoms with E-state index in [0.29, 0.717) is 49.2 Å². The summed E-state index contributed by atoms with van der Waals surface area (Å²) in [5.41, 5.74) is -2.13. The molecular weight excluding hydrogens is 623 g/mol. The Balaban J connectivity index is 1.55. The van der Waals surface area contributed by atoms with Crippen molar-refractivity contribution in [3.63, 3.8) is 0 Å². The second kappa shape index (κ2) is 14.0. The van der Waals surface area contributed by atoms with Gasteiger partial charge in [-0.1, -0.05) is 6.07 Å². The molecule has 3 amide bonds. The number of hydrogen-bond acceptors (Lipinski definition) is 4. The molecule has 0 spiro atoms. The number of halogens is 7. The van der Waals surface area contributed by atoms with Crippen molar-refractivity contribution in [1.29, 1.82) is 0 Å². The molecule has 2 atom stereocenters. The molecule has 0 N–H and O–H groups in total.